The monoisotopic (exact) mass is 374 g/mol. The van der Waals surface area contributed by atoms with Crippen LogP contribution >= 0.6 is 23.8 Å². The number of nitrogens with one attached hydrogen (secondary N) is 2. The zero-order chi connectivity index (χ0) is 17.6. The fourth-order valence-corrected chi connectivity index (χ4v) is 3.45. The molecule has 0 amide bonds. The van der Waals surface area contributed by atoms with Crippen LogP contribution in [0.4, 0.5) is 11.5 Å². The molecule has 1 aliphatic heterocycles. The van der Waals surface area contributed by atoms with E-state index in [1.54, 1.807) is 0 Å². The van der Waals surface area contributed by atoms with Crippen molar-refractivity contribution >= 4 is 40.4 Å². The number of hydrogen-bond donors (Lipinski definition) is 2. The van der Waals surface area contributed by atoms with Crippen LogP contribution in [0, 0.1) is 0 Å². The molecule has 0 aliphatic carbocycles. The van der Waals surface area contributed by atoms with Crippen LogP contribution in [-0.4, -0.2) is 22.7 Å². The fourth-order valence-electron chi connectivity index (χ4n) is 3.06. The number of benzene rings is 1. The van der Waals surface area contributed by atoms with E-state index < -0.39 is 0 Å². The average molecular weight is 375 g/mol. The molecular weight excluding hydrogens is 352 g/mol. The Bertz CT molecular complexity index is 720. The number of anilines is 2. The third-order valence-corrected chi connectivity index (χ3v) is 5.12. The molecule has 3 rings (SSSR count). The summed E-state index contributed by atoms with van der Waals surface area (Å²) in [6, 6.07) is 12.4. The van der Waals surface area contributed by atoms with Crippen LogP contribution in [0.15, 0.2) is 42.6 Å². The first kappa shape index (κ1) is 18.0. The highest BCUT2D eigenvalue weighted by molar-refractivity contribution is 7.80. The highest BCUT2D eigenvalue weighted by Gasteiger charge is 2.19. The van der Waals surface area contributed by atoms with Crippen molar-refractivity contribution in [2.45, 2.75) is 38.8 Å². The Morgan fingerprint density at radius 3 is 2.84 bits per heavy atom. The molecule has 1 saturated heterocycles. The molecule has 0 saturated carbocycles. The van der Waals surface area contributed by atoms with Gasteiger partial charge in [0.1, 0.15) is 5.82 Å². The SMILES string of the molecule is C[C@H]1CCCCN1c1ccc(NC(=S)NCc2ccccc2Cl)cn1. The molecule has 1 aromatic carbocycles. The van der Waals surface area contributed by atoms with Crippen molar-refractivity contribution in [3.05, 3.63) is 53.2 Å². The van der Waals surface area contributed by atoms with Crippen molar-refractivity contribution in [2.75, 3.05) is 16.8 Å². The van der Waals surface area contributed by atoms with E-state index in [2.05, 4.69) is 33.5 Å². The molecule has 0 bridgehead atoms. The van der Waals surface area contributed by atoms with E-state index >= 15 is 0 Å². The van der Waals surface area contributed by atoms with E-state index in [-0.39, 0.29) is 0 Å². The molecule has 1 fully saturated rings. The third kappa shape index (κ3) is 4.83. The zero-order valence-electron chi connectivity index (χ0n) is 14.3. The molecule has 2 heterocycles. The Labute approximate surface area is 159 Å². The van der Waals surface area contributed by atoms with Gasteiger partial charge in [-0.1, -0.05) is 29.8 Å². The van der Waals surface area contributed by atoms with Gasteiger partial charge >= 0.3 is 0 Å². The lowest BCUT2D eigenvalue weighted by Gasteiger charge is -2.34. The Balaban J connectivity index is 1.54. The lowest BCUT2D eigenvalue weighted by atomic mass is 10.0. The second-order valence-corrected chi connectivity index (χ2v) is 7.16. The molecule has 0 unspecified atom stereocenters. The van der Waals surface area contributed by atoms with Crippen LogP contribution in [0.2, 0.25) is 5.02 Å². The molecule has 2 aromatic rings. The maximum absolute atomic E-state index is 6.15. The third-order valence-electron chi connectivity index (χ3n) is 4.50. The molecular formula is C19H23ClN4S. The van der Waals surface area contributed by atoms with Crippen LogP contribution < -0.4 is 15.5 Å². The summed E-state index contributed by atoms with van der Waals surface area (Å²) in [6.07, 6.45) is 5.61. The zero-order valence-corrected chi connectivity index (χ0v) is 15.9. The second kappa shape index (κ2) is 8.50. The lowest BCUT2D eigenvalue weighted by Crippen LogP contribution is -2.37. The van der Waals surface area contributed by atoms with Crippen molar-refractivity contribution < 1.29 is 0 Å². The first-order valence-corrected chi connectivity index (χ1v) is 9.43. The Kier molecular flexibility index (Phi) is 6.10. The Morgan fingerprint density at radius 1 is 1.28 bits per heavy atom. The minimum atomic E-state index is 0.554. The predicted octanol–water partition coefficient (Wildman–Crippen LogP) is 4.60. The lowest BCUT2D eigenvalue weighted by molar-refractivity contribution is 0.481. The summed E-state index contributed by atoms with van der Waals surface area (Å²) in [5.41, 5.74) is 1.89. The van der Waals surface area contributed by atoms with Gasteiger partial charge in [-0.05, 0) is 62.2 Å². The largest absolute Gasteiger partial charge is 0.358 e. The highest BCUT2D eigenvalue weighted by atomic mass is 35.5. The molecule has 1 aliphatic rings. The summed E-state index contributed by atoms with van der Waals surface area (Å²) in [5, 5.41) is 7.63. The summed E-state index contributed by atoms with van der Waals surface area (Å²) < 4.78 is 0. The smallest absolute Gasteiger partial charge is 0.171 e. The molecule has 132 valence electrons. The highest BCUT2D eigenvalue weighted by Crippen LogP contribution is 2.23. The van der Waals surface area contributed by atoms with Crippen LogP contribution in [0.25, 0.3) is 0 Å². The van der Waals surface area contributed by atoms with Gasteiger partial charge in [-0.3, -0.25) is 0 Å². The number of halogens is 1. The van der Waals surface area contributed by atoms with Crippen LogP contribution in [0.3, 0.4) is 0 Å². The first-order valence-electron chi connectivity index (χ1n) is 8.64. The number of thiocarbonyl (C=S) groups is 1. The summed E-state index contributed by atoms with van der Waals surface area (Å²) in [4.78, 5) is 6.97. The van der Waals surface area contributed by atoms with Gasteiger partial charge in [0.25, 0.3) is 0 Å². The van der Waals surface area contributed by atoms with Crippen molar-refractivity contribution in [1.82, 2.24) is 10.3 Å². The molecule has 25 heavy (non-hydrogen) atoms. The minimum absolute atomic E-state index is 0.554. The molecule has 0 radical (unpaired) electrons. The van der Waals surface area contributed by atoms with E-state index in [9.17, 15) is 0 Å². The van der Waals surface area contributed by atoms with Gasteiger partial charge in [-0.25, -0.2) is 4.98 Å². The molecule has 4 nitrogen and oxygen atoms in total. The summed E-state index contributed by atoms with van der Waals surface area (Å²) in [7, 11) is 0. The topological polar surface area (TPSA) is 40.2 Å². The Hall–Kier alpha value is -1.85. The predicted molar refractivity (Wildman–Crippen MR) is 109 cm³/mol. The van der Waals surface area contributed by atoms with E-state index in [0.717, 1.165) is 28.6 Å². The summed E-state index contributed by atoms with van der Waals surface area (Å²) in [5.74, 6) is 1.03. The Morgan fingerprint density at radius 2 is 2.12 bits per heavy atom. The molecule has 1 aromatic heterocycles. The normalized spacial score (nSPS) is 17.2. The van der Waals surface area contributed by atoms with Gasteiger partial charge in [0.15, 0.2) is 5.11 Å². The number of piperidine rings is 1. The van der Waals surface area contributed by atoms with Gasteiger partial charge in [0, 0.05) is 24.2 Å². The van der Waals surface area contributed by atoms with Crippen LogP contribution in [0.1, 0.15) is 31.7 Å². The minimum Gasteiger partial charge on any atom is -0.358 e. The van der Waals surface area contributed by atoms with Crippen molar-refractivity contribution in [2.24, 2.45) is 0 Å². The van der Waals surface area contributed by atoms with Crippen molar-refractivity contribution in [1.29, 1.82) is 0 Å². The first-order chi connectivity index (χ1) is 12.1. The number of aromatic nitrogens is 1. The molecule has 1 atom stereocenters. The fraction of sp³-hybridized carbons (Fsp3) is 0.368. The van der Waals surface area contributed by atoms with E-state index in [1.807, 2.05) is 36.5 Å². The number of rotatable bonds is 4. The van der Waals surface area contributed by atoms with Gasteiger partial charge in [-0.15, -0.1) is 0 Å². The molecule has 6 heteroatoms. The average Bonchev–Trinajstić information content (AvgIpc) is 2.62. The van der Waals surface area contributed by atoms with Crippen molar-refractivity contribution in [3.63, 3.8) is 0 Å². The maximum atomic E-state index is 6.15. The molecule has 2 N–H and O–H groups in total. The number of pyridine rings is 1. The number of nitrogens with zero attached hydrogens (tertiary/aromatic N) is 2. The maximum Gasteiger partial charge on any atom is 0.171 e. The van der Waals surface area contributed by atoms with Gasteiger partial charge in [-0.2, -0.15) is 0 Å². The summed E-state index contributed by atoms with van der Waals surface area (Å²) in [6.45, 7) is 3.93. The van der Waals surface area contributed by atoms with E-state index in [4.69, 9.17) is 23.8 Å². The number of hydrogen-bond acceptors (Lipinski definition) is 3. The van der Waals surface area contributed by atoms with Gasteiger partial charge in [0.2, 0.25) is 0 Å². The molecule has 0 spiro atoms. The van der Waals surface area contributed by atoms with Gasteiger partial charge in [0.05, 0.1) is 11.9 Å². The van der Waals surface area contributed by atoms with Gasteiger partial charge < -0.3 is 15.5 Å². The van der Waals surface area contributed by atoms with E-state index in [0.29, 0.717) is 17.7 Å². The van der Waals surface area contributed by atoms with Crippen molar-refractivity contribution in [3.8, 4) is 0 Å². The van der Waals surface area contributed by atoms with Crippen LogP contribution in [0.5, 0.6) is 0 Å². The summed E-state index contributed by atoms with van der Waals surface area (Å²) >= 11 is 11.5. The van der Waals surface area contributed by atoms with E-state index in [1.165, 1.54) is 19.3 Å². The second-order valence-electron chi connectivity index (χ2n) is 6.34. The van der Waals surface area contributed by atoms with Crippen LogP contribution in [-0.2, 0) is 6.54 Å². The standard InChI is InChI=1S/C19H23ClN4S/c1-14-6-4-5-11-24(14)18-10-9-16(13-21-18)23-19(25)22-12-15-7-2-3-8-17(15)20/h2-3,7-10,13-14H,4-6,11-12H2,1H3,(H2,22,23,25)/t14-/m0/s1. The quantitative estimate of drug-likeness (QED) is 0.765.